The molecule has 0 radical (unpaired) electrons. The molecule has 1 aromatic carbocycles. The topological polar surface area (TPSA) is 52.3 Å². The predicted octanol–water partition coefficient (Wildman–Crippen LogP) is 1.21. The van der Waals surface area contributed by atoms with Crippen LogP contribution in [0.3, 0.4) is 0 Å². The molecule has 3 nitrogen and oxygen atoms in total. The minimum absolute atomic E-state index is 0.239. The van der Waals surface area contributed by atoms with Crippen LogP contribution in [0, 0.1) is 0 Å². The van der Waals surface area contributed by atoms with Crippen molar-refractivity contribution in [2.24, 2.45) is 5.73 Å². The number of benzene rings is 1. The Morgan fingerprint density at radius 1 is 1.29 bits per heavy atom. The van der Waals surface area contributed by atoms with Crippen LogP contribution in [0.1, 0.15) is 18.4 Å². The highest BCUT2D eigenvalue weighted by atomic mass is 16.5. The maximum atomic E-state index is 10.9. The zero-order valence-corrected chi connectivity index (χ0v) is 8.12. The van der Waals surface area contributed by atoms with Gasteiger partial charge < -0.3 is 10.5 Å². The molecular weight excluding hydrogens is 178 g/mol. The molecule has 2 N–H and O–H groups in total. The second kappa shape index (κ2) is 3.10. The Kier molecular flexibility index (Phi) is 2.04. The number of hydrogen-bond donors (Lipinski definition) is 1. The average Bonchev–Trinajstić information content (AvgIpc) is 2.16. The monoisotopic (exact) mass is 191 g/mol. The first-order valence-corrected chi connectivity index (χ1v) is 4.59. The highest BCUT2D eigenvalue weighted by Gasteiger charge is 2.41. The smallest absolute Gasteiger partial charge is 0.137 e. The molecular formula is C11H13NO2. The third kappa shape index (κ3) is 1.40. The van der Waals surface area contributed by atoms with Gasteiger partial charge in [0.2, 0.25) is 0 Å². The molecule has 1 aliphatic carbocycles. The number of nitrogens with two attached hydrogens (primary N) is 1. The van der Waals surface area contributed by atoms with Crippen molar-refractivity contribution in [2.45, 2.75) is 18.4 Å². The van der Waals surface area contributed by atoms with E-state index in [2.05, 4.69) is 0 Å². The van der Waals surface area contributed by atoms with Gasteiger partial charge in [0.05, 0.1) is 12.6 Å². The summed E-state index contributed by atoms with van der Waals surface area (Å²) in [7, 11) is 1.63. The van der Waals surface area contributed by atoms with Crippen molar-refractivity contribution < 1.29 is 9.53 Å². The number of rotatable bonds is 2. The van der Waals surface area contributed by atoms with E-state index in [4.69, 9.17) is 10.5 Å². The van der Waals surface area contributed by atoms with Crippen LogP contribution in [0.25, 0.3) is 0 Å². The lowest BCUT2D eigenvalue weighted by Crippen LogP contribution is -2.49. The van der Waals surface area contributed by atoms with Crippen LogP contribution < -0.4 is 10.5 Å². The van der Waals surface area contributed by atoms with Gasteiger partial charge in [0.25, 0.3) is 0 Å². The Balaban J connectivity index is 2.21. The molecule has 0 saturated heterocycles. The molecule has 0 heterocycles. The lowest BCUT2D eigenvalue weighted by atomic mass is 9.72. The summed E-state index contributed by atoms with van der Waals surface area (Å²) in [6.45, 7) is 0. The van der Waals surface area contributed by atoms with E-state index in [1.807, 2.05) is 24.3 Å². The SMILES string of the molecule is COc1ccc(C2(N)CC(=O)C2)cc1. The number of ether oxygens (including phenoxy) is 1. The standard InChI is InChI=1S/C11H13NO2/c1-14-10-4-2-8(3-5-10)11(12)6-9(13)7-11/h2-5H,6-7,12H2,1H3. The molecule has 3 heteroatoms. The molecule has 14 heavy (non-hydrogen) atoms. The van der Waals surface area contributed by atoms with E-state index in [0.29, 0.717) is 12.8 Å². The number of methoxy groups -OCH3 is 1. The molecule has 0 amide bonds. The van der Waals surface area contributed by atoms with Crippen LogP contribution in [-0.2, 0) is 10.3 Å². The van der Waals surface area contributed by atoms with Crippen molar-refractivity contribution in [1.29, 1.82) is 0 Å². The molecule has 0 spiro atoms. The Hall–Kier alpha value is -1.35. The zero-order chi connectivity index (χ0) is 10.2. The first-order chi connectivity index (χ1) is 6.64. The van der Waals surface area contributed by atoms with Crippen LogP contribution in [0.4, 0.5) is 0 Å². The molecule has 1 saturated carbocycles. The Morgan fingerprint density at radius 3 is 2.29 bits per heavy atom. The van der Waals surface area contributed by atoms with Gasteiger partial charge in [-0.3, -0.25) is 4.79 Å². The molecule has 2 rings (SSSR count). The Morgan fingerprint density at radius 2 is 1.86 bits per heavy atom. The van der Waals surface area contributed by atoms with Crippen LogP contribution in [0.15, 0.2) is 24.3 Å². The molecule has 0 aromatic heterocycles. The zero-order valence-electron chi connectivity index (χ0n) is 8.12. The number of hydrogen-bond acceptors (Lipinski definition) is 3. The number of ketones is 1. The summed E-state index contributed by atoms with van der Waals surface area (Å²) in [5.74, 6) is 1.05. The van der Waals surface area contributed by atoms with Gasteiger partial charge in [-0.25, -0.2) is 0 Å². The van der Waals surface area contributed by atoms with E-state index in [9.17, 15) is 4.79 Å². The highest BCUT2D eigenvalue weighted by Crippen LogP contribution is 2.36. The van der Waals surface area contributed by atoms with Crippen molar-refractivity contribution in [1.82, 2.24) is 0 Å². The molecule has 1 fully saturated rings. The van der Waals surface area contributed by atoms with Crippen LogP contribution in [0.2, 0.25) is 0 Å². The molecule has 0 atom stereocenters. The lowest BCUT2D eigenvalue weighted by molar-refractivity contribution is -0.128. The highest BCUT2D eigenvalue weighted by molar-refractivity contribution is 5.88. The number of carbonyl (C=O) groups excluding carboxylic acids is 1. The van der Waals surface area contributed by atoms with Gasteiger partial charge in [-0.15, -0.1) is 0 Å². The van der Waals surface area contributed by atoms with Crippen LogP contribution >= 0.6 is 0 Å². The summed E-state index contributed by atoms with van der Waals surface area (Å²) in [4.78, 5) is 10.9. The Labute approximate surface area is 82.9 Å². The van der Waals surface area contributed by atoms with Gasteiger partial charge in [-0.2, -0.15) is 0 Å². The first kappa shape index (κ1) is 9.21. The summed E-state index contributed by atoms with van der Waals surface area (Å²) in [5.41, 5.74) is 6.63. The third-order valence-electron chi connectivity index (χ3n) is 2.69. The van der Waals surface area contributed by atoms with E-state index >= 15 is 0 Å². The number of Topliss-reactive ketones (excluding diaryl/α,β-unsaturated/α-hetero) is 1. The normalized spacial score (nSPS) is 18.9. The minimum Gasteiger partial charge on any atom is -0.497 e. The van der Waals surface area contributed by atoms with Crippen molar-refractivity contribution >= 4 is 5.78 Å². The maximum absolute atomic E-state index is 10.9. The van der Waals surface area contributed by atoms with Gasteiger partial charge in [0.15, 0.2) is 0 Å². The van der Waals surface area contributed by atoms with Crippen LogP contribution in [-0.4, -0.2) is 12.9 Å². The summed E-state index contributed by atoms with van der Waals surface area (Å²) >= 11 is 0. The fourth-order valence-electron chi connectivity index (χ4n) is 1.78. The summed E-state index contributed by atoms with van der Waals surface area (Å²) < 4.78 is 5.05. The van der Waals surface area contributed by atoms with Crippen LogP contribution in [0.5, 0.6) is 5.75 Å². The quantitative estimate of drug-likeness (QED) is 0.764. The average molecular weight is 191 g/mol. The second-order valence-electron chi connectivity index (χ2n) is 3.78. The van der Waals surface area contributed by atoms with Crippen molar-refractivity contribution in [3.8, 4) is 5.75 Å². The summed E-state index contributed by atoms with van der Waals surface area (Å²) in [5, 5.41) is 0. The fraction of sp³-hybridized carbons (Fsp3) is 0.364. The third-order valence-corrected chi connectivity index (χ3v) is 2.69. The number of carbonyl (C=O) groups is 1. The van der Waals surface area contributed by atoms with Crippen molar-refractivity contribution in [3.63, 3.8) is 0 Å². The summed E-state index contributed by atoms with van der Waals surface area (Å²) in [6, 6.07) is 7.58. The van der Waals surface area contributed by atoms with Gasteiger partial charge in [0.1, 0.15) is 11.5 Å². The largest absolute Gasteiger partial charge is 0.497 e. The molecule has 0 aliphatic heterocycles. The van der Waals surface area contributed by atoms with Gasteiger partial charge in [-0.1, -0.05) is 12.1 Å². The lowest BCUT2D eigenvalue weighted by Gasteiger charge is -2.37. The first-order valence-electron chi connectivity index (χ1n) is 4.59. The van der Waals surface area contributed by atoms with E-state index < -0.39 is 5.54 Å². The van der Waals surface area contributed by atoms with Gasteiger partial charge >= 0.3 is 0 Å². The second-order valence-corrected chi connectivity index (χ2v) is 3.78. The van der Waals surface area contributed by atoms with E-state index in [1.165, 1.54) is 0 Å². The van der Waals surface area contributed by atoms with E-state index in [0.717, 1.165) is 11.3 Å². The molecule has 1 aliphatic rings. The molecule has 74 valence electrons. The maximum Gasteiger partial charge on any atom is 0.137 e. The van der Waals surface area contributed by atoms with Gasteiger partial charge in [-0.05, 0) is 17.7 Å². The Bertz CT molecular complexity index is 348. The molecule has 0 unspecified atom stereocenters. The van der Waals surface area contributed by atoms with Crippen molar-refractivity contribution in [3.05, 3.63) is 29.8 Å². The minimum atomic E-state index is -0.427. The predicted molar refractivity (Wildman–Crippen MR) is 53.1 cm³/mol. The molecule has 1 aromatic rings. The van der Waals surface area contributed by atoms with Gasteiger partial charge in [0, 0.05) is 12.8 Å². The van der Waals surface area contributed by atoms with E-state index in [-0.39, 0.29) is 5.78 Å². The molecule has 0 bridgehead atoms. The van der Waals surface area contributed by atoms with E-state index in [1.54, 1.807) is 7.11 Å². The summed E-state index contributed by atoms with van der Waals surface area (Å²) in [6.07, 6.45) is 0.915. The van der Waals surface area contributed by atoms with Crippen molar-refractivity contribution in [2.75, 3.05) is 7.11 Å². The fourth-order valence-corrected chi connectivity index (χ4v) is 1.78.